The second kappa shape index (κ2) is 6.66. The summed E-state index contributed by atoms with van der Waals surface area (Å²) in [4.78, 5) is 4.30. The van der Waals surface area contributed by atoms with E-state index in [1.54, 1.807) is 24.4 Å². The Labute approximate surface area is 163 Å². The van der Waals surface area contributed by atoms with E-state index >= 15 is 0 Å². The van der Waals surface area contributed by atoms with Crippen molar-refractivity contribution in [1.29, 1.82) is 0 Å². The van der Waals surface area contributed by atoms with E-state index in [1.807, 2.05) is 22.6 Å². The lowest BCUT2D eigenvalue weighted by molar-refractivity contribution is 0.509. The van der Waals surface area contributed by atoms with Gasteiger partial charge in [-0.2, -0.15) is 0 Å². The van der Waals surface area contributed by atoms with Crippen LogP contribution >= 0.6 is 22.6 Å². The second-order valence-electron chi connectivity index (χ2n) is 6.09. The van der Waals surface area contributed by atoms with Gasteiger partial charge in [-0.05, 0) is 77.9 Å². The van der Waals surface area contributed by atoms with Crippen molar-refractivity contribution in [2.75, 3.05) is 4.72 Å². The number of rotatable bonds is 5. The van der Waals surface area contributed by atoms with Crippen LogP contribution in [0.1, 0.15) is 24.7 Å². The molecule has 0 radical (unpaired) electrons. The Balaban J connectivity index is 1.56. The first-order chi connectivity index (χ1) is 12.4. The quantitative estimate of drug-likeness (QED) is 0.530. The lowest BCUT2D eigenvalue weighted by Gasteiger charge is -2.09. The predicted octanol–water partition coefficient (Wildman–Crippen LogP) is 4.76. The molecular formula is C18H14FIN2O3S. The summed E-state index contributed by atoms with van der Waals surface area (Å²) in [6, 6.07) is 10.5. The highest BCUT2D eigenvalue weighted by Gasteiger charge is 2.28. The first kappa shape index (κ1) is 17.5. The van der Waals surface area contributed by atoms with Gasteiger partial charge >= 0.3 is 0 Å². The molecule has 4 rings (SSSR count). The predicted molar refractivity (Wildman–Crippen MR) is 104 cm³/mol. The highest BCUT2D eigenvalue weighted by molar-refractivity contribution is 14.1. The lowest BCUT2D eigenvalue weighted by Crippen LogP contribution is -2.14. The standard InChI is InChI=1S/C18H14FIN2O3S/c19-15-9-13(20)5-8-16(15)22-26(23,24)14-6-3-11(4-7-14)17-10-21-18(25-17)12-1-2-12/h3-10,12,22H,1-2H2. The van der Waals surface area contributed by atoms with E-state index in [1.165, 1.54) is 24.3 Å². The molecule has 0 saturated heterocycles. The van der Waals surface area contributed by atoms with Gasteiger partial charge in [-0.25, -0.2) is 17.8 Å². The third-order valence-electron chi connectivity index (χ3n) is 4.07. The van der Waals surface area contributed by atoms with Crippen LogP contribution in [0.15, 0.2) is 58.0 Å². The van der Waals surface area contributed by atoms with Crippen LogP contribution in [0.4, 0.5) is 10.1 Å². The van der Waals surface area contributed by atoms with Crippen LogP contribution in [0, 0.1) is 9.39 Å². The van der Waals surface area contributed by atoms with E-state index in [2.05, 4.69) is 9.71 Å². The molecule has 1 aliphatic rings. The molecule has 5 nitrogen and oxygen atoms in total. The van der Waals surface area contributed by atoms with Crippen molar-refractivity contribution in [3.63, 3.8) is 0 Å². The van der Waals surface area contributed by atoms with Crippen molar-refractivity contribution in [2.45, 2.75) is 23.7 Å². The molecule has 0 unspecified atom stereocenters. The number of hydrogen-bond donors (Lipinski definition) is 1. The Bertz CT molecular complexity index is 1060. The molecular weight excluding hydrogens is 470 g/mol. The smallest absolute Gasteiger partial charge is 0.261 e. The van der Waals surface area contributed by atoms with Gasteiger partial charge in [0.25, 0.3) is 10.0 Å². The number of nitrogens with one attached hydrogen (secondary N) is 1. The van der Waals surface area contributed by atoms with E-state index in [-0.39, 0.29) is 10.6 Å². The van der Waals surface area contributed by atoms with Crippen molar-refractivity contribution in [3.8, 4) is 11.3 Å². The van der Waals surface area contributed by atoms with E-state index in [0.717, 1.165) is 24.3 Å². The number of aromatic nitrogens is 1. The summed E-state index contributed by atoms with van der Waals surface area (Å²) in [6.07, 6.45) is 3.84. The van der Waals surface area contributed by atoms with Crippen LogP contribution in [0.5, 0.6) is 0 Å². The SMILES string of the molecule is O=S(=O)(Nc1ccc(I)cc1F)c1ccc(-c2cnc(C3CC3)o2)cc1. The van der Waals surface area contributed by atoms with Crippen molar-refractivity contribution >= 4 is 38.3 Å². The van der Waals surface area contributed by atoms with Crippen LogP contribution in [0.3, 0.4) is 0 Å². The summed E-state index contributed by atoms with van der Waals surface area (Å²) < 4.78 is 47.5. The van der Waals surface area contributed by atoms with Gasteiger partial charge in [-0.1, -0.05) is 0 Å². The first-order valence-corrected chi connectivity index (χ1v) is 10.5. The van der Waals surface area contributed by atoms with Gasteiger partial charge < -0.3 is 4.42 Å². The summed E-state index contributed by atoms with van der Waals surface area (Å²) in [5.41, 5.74) is 0.655. The maximum Gasteiger partial charge on any atom is 0.261 e. The van der Waals surface area contributed by atoms with Gasteiger partial charge in [0.05, 0.1) is 16.8 Å². The minimum Gasteiger partial charge on any atom is -0.440 e. The van der Waals surface area contributed by atoms with Crippen LogP contribution in [0.2, 0.25) is 0 Å². The average molecular weight is 484 g/mol. The number of nitrogens with zero attached hydrogens (tertiary/aromatic N) is 1. The van der Waals surface area contributed by atoms with E-state index in [9.17, 15) is 12.8 Å². The zero-order valence-corrected chi connectivity index (χ0v) is 16.4. The van der Waals surface area contributed by atoms with Gasteiger partial charge in [0.15, 0.2) is 11.7 Å². The fourth-order valence-corrected chi connectivity index (χ4v) is 4.03. The monoisotopic (exact) mass is 484 g/mol. The Morgan fingerprint density at radius 3 is 2.54 bits per heavy atom. The molecule has 8 heteroatoms. The molecule has 0 amide bonds. The minimum atomic E-state index is -3.88. The van der Waals surface area contributed by atoms with Crippen LogP contribution in [0.25, 0.3) is 11.3 Å². The lowest BCUT2D eigenvalue weighted by atomic mass is 10.2. The van der Waals surface area contributed by atoms with Crippen molar-refractivity contribution in [2.24, 2.45) is 0 Å². The normalized spacial score (nSPS) is 14.4. The molecule has 1 N–H and O–H groups in total. The number of oxazole rings is 1. The van der Waals surface area contributed by atoms with Crippen LogP contribution < -0.4 is 4.72 Å². The summed E-state index contributed by atoms with van der Waals surface area (Å²) in [5.74, 6) is 1.13. The van der Waals surface area contributed by atoms with Gasteiger partial charge in [0, 0.05) is 15.1 Å². The molecule has 1 aliphatic carbocycles. The molecule has 26 heavy (non-hydrogen) atoms. The molecule has 0 atom stereocenters. The second-order valence-corrected chi connectivity index (χ2v) is 9.02. The Morgan fingerprint density at radius 2 is 1.88 bits per heavy atom. The highest BCUT2D eigenvalue weighted by atomic mass is 127. The van der Waals surface area contributed by atoms with Gasteiger partial charge in [0.1, 0.15) is 5.82 Å². The summed E-state index contributed by atoms with van der Waals surface area (Å²) in [6.45, 7) is 0. The number of anilines is 1. The molecule has 2 aromatic carbocycles. The van der Waals surface area contributed by atoms with Crippen LogP contribution in [-0.2, 0) is 10.0 Å². The van der Waals surface area contributed by atoms with E-state index in [0.29, 0.717) is 15.2 Å². The highest BCUT2D eigenvalue weighted by Crippen LogP contribution is 2.40. The molecule has 3 aromatic rings. The number of halogens is 2. The summed E-state index contributed by atoms with van der Waals surface area (Å²) in [5, 5.41) is 0. The van der Waals surface area contributed by atoms with Crippen molar-refractivity contribution < 1.29 is 17.2 Å². The maximum atomic E-state index is 13.9. The van der Waals surface area contributed by atoms with Gasteiger partial charge in [-0.15, -0.1) is 0 Å². The zero-order chi connectivity index (χ0) is 18.3. The molecule has 1 saturated carbocycles. The Hall–Kier alpha value is -1.94. The Kier molecular flexibility index (Phi) is 4.47. The Morgan fingerprint density at radius 1 is 1.15 bits per heavy atom. The third kappa shape index (κ3) is 3.61. The molecule has 1 heterocycles. The number of sulfonamides is 1. The molecule has 1 fully saturated rings. The molecule has 134 valence electrons. The van der Waals surface area contributed by atoms with Crippen molar-refractivity contribution in [3.05, 3.63) is 63.9 Å². The third-order valence-corrected chi connectivity index (χ3v) is 6.13. The first-order valence-electron chi connectivity index (χ1n) is 7.96. The molecule has 0 aliphatic heterocycles. The van der Waals surface area contributed by atoms with Crippen LogP contribution in [-0.4, -0.2) is 13.4 Å². The average Bonchev–Trinajstić information content (AvgIpc) is 3.35. The molecule has 0 bridgehead atoms. The van der Waals surface area contributed by atoms with Gasteiger partial charge in [0.2, 0.25) is 0 Å². The van der Waals surface area contributed by atoms with E-state index in [4.69, 9.17) is 4.42 Å². The minimum absolute atomic E-state index is 0.0427. The largest absolute Gasteiger partial charge is 0.440 e. The topological polar surface area (TPSA) is 72.2 Å². The summed E-state index contributed by atoms with van der Waals surface area (Å²) in [7, 11) is -3.88. The molecule has 1 aromatic heterocycles. The fraction of sp³-hybridized carbons (Fsp3) is 0.167. The maximum absolute atomic E-state index is 13.9. The summed E-state index contributed by atoms with van der Waals surface area (Å²) >= 11 is 1.96. The fourth-order valence-electron chi connectivity index (χ4n) is 2.51. The zero-order valence-electron chi connectivity index (χ0n) is 13.4. The van der Waals surface area contributed by atoms with Crippen molar-refractivity contribution in [1.82, 2.24) is 4.98 Å². The molecule has 0 spiro atoms. The number of hydrogen-bond acceptors (Lipinski definition) is 4. The van der Waals surface area contributed by atoms with E-state index < -0.39 is 15.8 Å². The number of benzene rings is 2. The van der Waals surface area contributed by atoms with Gasteiger partial charge in [-0.3, -0.25) is 4.72 Å².